The normalized spacial score (nSPS) is 10.6. The van der Waals surface area contributed by atoms with Crippen LogP contribution in [0.3, 0.4) is 0 Å². The fraction of sp³-hybridized carbons (Fsp3) is 0.143. The summed E-state index contributed by atoms with van der Waals surface area (Å²) in [5.74, 6) is 1.34. The standard InChI is InChI=1S/C21H18Br2O3/c22-18-5-1-15(2-6-18)13-25-20-9-17(12-24)10-21(11-20)26-14-16-3-7-19(23)8-4-16/h1-11,24H,12-14H2. The van der Waals surface area contributed by atoms with Crippen LogP contribution in [0.4, 0.5) is 0 Å². The molecule has 0 aromatic heterocycles. The van der Waals surface area contributed by atoms with Crippen LogP contribution < -0.4 is 9.47 Å². The zero-order valence-corrected chi connectivity index (χ0v) is 17.2. The molecule has 0 bridgehead atoms. The van der Waals surface area contributed by atoms with Gasteiger partial charge >= 0.3 is 0 Å². The highest BCUT2D eigenvalue weighted by molar-refractivity contribution is 9.10. The lowest BCUT2D eigenvalue weighted by Crippen LogP contribution is -1.99. The Morgan fingerprint density at radius 1 is 0.615 bits per heavy atom. The minimum Gasteiger partial charge on any atom is -0.489 e. The lowest BCUT2D eigenvalue weighted by Gasteiger charge is -2.12. The Hall–Kier alpha value is -1.82. The average Bonchev–Trinajstić information content (AvgIpc) is 2.67. The molecule has 0 spiro atoms. The first kappa shape index (κ1) is 19.0. The second-order valence-corrected chi connectivity index (χ2v) is 7.63. The molecule has 0 radical (unpaired) electrons. The first-order chi connectivity index (χ1) is 12.6. The lowest BCUT2D eigenvalue weighted by molar-refractivity contribution is 0.271. The summed E-state index contributed by atoms with van der Waals surface area (Å²) in [6, 6.07) is 21.4. The zero-order chi connectivity index (χ0) is 18.4. The van der Waals surface area contributed by atoms with Crippen molar-refractivity contribution in [1.29, 1.82) is 0 Å². The number of aliphatic hydroxyl groups excluding tert-OH is 1. The van der Waals surface area contributed by atoms with Gasteiger partial charge in [0.25, 0.3) is 0 Å². The van der Waals surface area contributed by atoms with Gasteiger partial charge in [-0.3, -0.25) is 0 Å². The summed E-state index contributed by atoms with van der Waals surface area (Å²) in [6.07, 6.45) is 0. The first-order valence-corrected chi connectivity index (χ1v) is 9.70. The van der Waals surface area contributed by atoms with E-state index in [-0.39, 0.29) is 6.61 Å². The molecule has 3 aromatic rings. The highest BCUT2D eigenvalue weighted by atomic mass is 79.9. The van der Waals surface area contributed by atoms with E-state index in [1.807, 2.05) is 66.7 Å². The van der Waals surface area contributed by atoms with Crippen LogP contribution in [0.15, 0.2) is 75.7 Å². The maximum absolute atomic E-state index is 9.50. The third-order valence-corrected chi connectivity index (χ3v) is 4.82. The molecule has 0 unspecified atom stereocenters. The van der Waals surface area contributed by atoms with Crippen molar-refractivity contribution in [2.45, 2.75) is 19.8 Å². The van der Waals surface area contributed by atoms with Crippen molar-refractivity contribution in [3.63, 3.8) is 0 Å². The van der Waals surface area contributed by atoms with Gasteiger partial charge in [-0.25, -0.2) is 0 Å². The smallest absolute Gasteiger partial charge is 0.123 e. The van der Waals surface area contributed by atoms with E-state index in [0.29, 0.717) is 24.7 Å². The Bertz CT molecular complexity index is 778. The van der Waals surface area contributed by atoms with Crippen molar-refractivity contribution in [3.05, 3.63) is 92.4 Å². The molecule has 0 aliphatic rings. The first-order valence-electron chi connectivity index (χ1n) is 8.12. The van der Waals surface area contributed by atoms with Gasteiger partial charge < -0.3 is 14.6 Å². The van der Waals surface area contributed by atoms with Crippen LogP contribution in [-0.4, -0.2) is 5.11 Å². The highest BCUT2D eigenvalue weighted by Crippen LogP contribution is 2.25. The molecule has 134 valence electrons. The SMILES string of the molecule is OCc1cc(OCc2ccc(Br)cc2)cc(OCc2ccc(Br)cc2)c1. The molecule has 0 saturated carbocycles. The van der Waals surface area contributed by atoms with Gasteiger partial charge in [0.05, 0.1) is 6.61 Å². The number of benzene rings is 3. The van der Waals surface area contributed by atoms with E-state index in [0.717, 1.165) is 25.6 Å². The van der Waals surface area contributed by atoms with Crippen molar-refractivity contribution in [1.82, 2.24) is 0 Å². The van der Waals surface area contributed by atoms with Gasteiger partial charge in [-0.15, -0.1) is 0 Å². The molecule has 3 rings (SSSR count). The van der Waals surface area contributed by atoms with Crippen LogP contribution >= 0.6 is 31.9 Å². The number of aliphatic hydroxyl groups is 1. The number of hydrogen-bond acceptors (Lipinski definition) is 3. The van der Waals surface area contributed by atoms with Crippen LogP contribution in [0.1, 0.15) is 16.7 Å². The number of halogens is 2. The van der Waals surface area contributed by atoms with Gasteiger partial charge in [-0.05, 0) is 53.1 Å². The summed E-state index contributed by atoms with van der Waals surface area (Å²) >= 11 is 6.85. The van der Waals surface area contributed by atoms with E-state index in [1.165, 1.54) is 0 Å². The molecule has 0 saturated heterocycles. The minimum absolute atomic E-state index is 0.0653. The monoisotopic (exact) mass is 476 g/mol. The van der Waals surface area contributed by atoms with Crippen LogP contribution in [0, 0.1) is 0 Å². The molecule has 0 amide bonds. The van der Waals surface area contributed by atoms with Crippen molar-refractivity contribution in [2.75, 3.05) is 0 Å². The maximum Gasteiger partial charge on any atom is 0.123 e. The Labute approximate surface area is 169 Å². The van der Waals surface area contributed by atoms with Gasteiger partial charge in [0, 0.05) is 15.0 Å². The predicted octanol–water partition coefficient (Wildman–Crippen LogP) is 5.86. The molecule has 0 aliphatic heterocycles. The second kappa shape index (κ2) is 9.21. The van der Waals surface area contributed by atoms with Crippen molar-refractivity contribution in [2.24, 2.45) is 0 Å². The molecule has 0 atom stereocenters. The van der Waals surface area contributed by atoms with Crippen LogP contribution in [0.2, 0.25) is 0 Å². The Morgan fingerprint density at radius 2 is 1.04 bits per heavy atom. The van der Waals surface area contributed by atoms with Gasteiger partial charge in [-0.2, -0.15) is 0 Å². The van der Waals surface area contributed by atoms with Crippen LogP contribution in [-0.2, 0) is 19.8 Å². The minimum atomic E-state index is -0.0653. The fourth-order valence-corrected chi connectivity index (χ4v) is 2.91. The Kier molecular flexibility index (Phi) is 6.72. The zero-order valence-electron chi connectivity index (χ0n) is 14.0. The molecule has 26 heavy (non-hydrogen) atoms. The Balaban J connectivity index is 1.67. The van der Waals surface area contributed by atoms with E-state index in [4.69, 9.17) is 9.47 Å². The second-order valence-electron chi connectivity index (χ2n) is 5.80. The summed E-state index contributed by atoms with van der Waals surface area (Å²) in [6.45, 7) is 0.840. The van der Waals surface area contributed by atoms with Crippen molar-refractivity contribution >= 4 is 31.9 Å². The van der Waals surface area contributed by atoms with Crippen molar-refractivity contribution < 1.29 is 14.6 Å². The summed E-state index contributed by atoms with van der Waals surface area (Å²) < 4.78 is 13.8. The molecular weight excluding hydrogens is 460 g/mol. The van der Waals surface area contributed by atoms with Crippen LogP contribution in [0.25, 0.3) is 0 Å². The summed E-state index contributed by atoms with van der Waals surface area (Å²) in [7, 11) is 0. The molecule has 3 aromatic carbocycles. The molecule has 5 heteroatoms. The third-order valence-electron chi connectivity index (χ3n) is 3.76. The number of hydrogen-bond donors (Lipinski definition) is 1. The maximum atomic E-state index is 9.50. The lowest BCUT2D eigenvalue weighted by atomic mass is 10.2. The van der Waals surface area contributed by atoms with E-state index < -0.39 is 0 Å². The fourth-order valence-electron chi connectivity index (χ4n) is 2.38. The van der Waals surface area contributed by atoms with E-state index in [9.17, 15) is 5.11 Å². The molecule has 0 fully saturated rings. The summed E-state index contributed by atoms with van der Waals surface area (Å²) in [4.78, 5) is 0. The average molecular weight is 478 g/mol. The van der Waals surface area contributed by atoms with Gasteiger partial charge in [0.2, 0.25) is 0 Å². The molecular formula is C21H18Br2O3. The molecule has 0 heterocycles. The van der Waals surface area contributed by atoms with E-state index in [1.54, 1.807) is 0 Å². The summed E-state index contributed by atoms with van der Waals surface area (Å²) in [5.41, 5.74) is 2.89. The quantitative estimate of drug-likeness (QED) is 0.463. The van der Waals surface area contributed by atoms with Gasteiger partial charge in [0.1, 0.15) is 24.7 Å². The molecule has 1 N–H and O–H groups in total. The van der Waals surface area contributed by atoms with Crippen molar-refractivity contribution in [3.8, 4) is 11.5 Å². The number of ether oxygens (including phenoxy) is 2. The van der Waals surface area contributed by atoms with Gasteiger partial charge in [0.15, 0.2) is 0 Å². The predicted molar refractivity (Wildman–Crippen MR) is 109 cm³/mol. The topological polar surface area (TPSA) is 38.7 Å². The Morgan fingerprint density at radius 3 is 1.42 bits per heavy atom. The highest BCUT2D eigenvalue weighted by Gasteiger charge is 2.05. The van der Waals surface area contributed by atoms with E-state index in [2.05, 4.69) is 31.9 Å². The third kappa shape index (κ3) is 5.59. The molecule has 3 nitrogen and oxygen atoms in total. The van der Waals surface area contributed by atoms with Crippen LogP contribution in [0.5, 0.6) is 11.5 Å². The molecule has 0 aliphatic carbocycles. The van der Waals surface area contributed by atoms with E-state index >= 15 is 0 Å². The summed E-state index contributed by atoms with van der Waals surface area (Å²) in [5, 5.41) is 9.50. The largest absolute Gasteiger partial charge is 0.489 e. The number of rotatable bonds is 7. The van der Waals surface area contributed by atoms with Gasteiger partial charge in [-0.1, -0.05) is 56.1 Å².